The molecule has 0 radical (unpaired) electrons. The first kappa shape index (κ1) is 7.46. The average molecular weight is 166 g/mol. The molecule has 0 amide bonds. The number of aromatic nitrogens is 2. The van der Waals surface area contributed by atoms with Crippen LogP contribution in [0.1, 0.15) is 19.3 Å². The topological polar surface area (TPSA) is 57.9 Å². The molecule has 66 valence electrons. The molecule has 0 aromatic carbocycles. The fourth-order valence-electron chi connectivity index (χ4n) is 1.61. The minimum Gasteiger partial charge on any atom is -0.384 e. The predicted molar refractivity (Wildman–Crippen MR) is 49.1 cm³/mol. The molecule has 0 spiro atoms. The van der Waals surface area contributed by atoms with Crippen LogP contribution in [-0.4, -0.2) is 23.3 Å². The van der Waals surface area contributed by atoms with E-state index in [4.69, 9.17) is 5.73 Å². The molecule has 0 aliphatic carbocycles. The lowest BCUT2D eigenvalue weighted by molar-refractivity contribution is 0.573. The number of rotatable bonds is 1. The van der Waals surface area contributed by atoms with Crippen LogP contribution in [0.15, 0.2) is 6.07 Å². The molecule has 4 heteroatoms. The molecule has 1 aliphatic rings. The van der Waals surface area contributed by atoms with Crippen LogP contribution in [-0.2, 0) is 0 Å². The fourth-order valence-corrected chi connectivity index (χ4v) is 1.61. The van der Waals surface area contributed by atoms with Gasteiger partial charge in [0.25, 0.3) is 0 Å². The van der Waals surface area contributed by atoms with Crippen LogP contribution >= 0.6 is 0 Å². The number of aromatic amines is 1. The van der Waals surface area contributed by atoms with Gasteiger partial charge in [-0.15, -0.1) is 0 Å². The maximum atomic E-state index is 5.54. The van der Waals surface area contributed by atoms with Crippen molar-refractivity contribution in [3.8, 4) is 0 Å². The van der Waals surface area contributed by atoms with Crippen LogP contribution in [0.2, 0.25) is 0 Å². The van der Waals surface area contributed by atoms with Crippen molar-refractivity contribution in [2.75, 3.05) is 23.7 Å². The minimum absolute atomic E-state index is 0.649. The van der Waals surface area contributed by atoms with Crippen molar-refractivity contribution in [2.45, 2.75) is 19.3 Å². The Morgan fingerprint density at radius 3 is 2.67 bits per heavy atom. The van der Waals surface area contributed by atoms with Crippen LogP contribution in [0.3, 0.4) is 0 Å². The molecule has 0 bridgehead atoms. The molecule has 1 aromatic heterocycles. The van der Waals surface area contributed by atoms with Crippen LogP contribution in [0.25, 0.3) is 0 Å². The standard InChI is InChI=1S/C8H14N4/c9-7-6-8(11-10-7)12-4-2-1-3-5-12/h6H,1-5H2,(H3,9,10,11). The monoisotopic (exact) mass is 166 g/mol. The van der Waals surface area contributed by atoms with E-state index >= 15 is 0 Å². The largest absolute Gasteiger partial charge is 0.384 e. The van der Waals surface area contributed by atoms with E-state index in [1.807, 2.05) is 6.07 Å². The van der Waals surface area contributed by atoms with E-state index in [0.717, 1.165) is 18.9 Å². The molecule has 0 unspecified atom stereocenters. The van der Waals surface area contributed by atoms with Crippen LogP contribution in [0.4, 0.5) is 11.6 Å². The molecule has 2 rings (SSSR count). The highest BCUT2D eigenvalue weighted by atomic mass is 15.3. The zero-order valence-corrected chi connectivity index (χ0v) is 7.08. The van der Waals surface area contributed by atoms with E-state index in [-0.39, 0.29) is 0 Å². The molecule has 2 heterocycles. The van der Waals surface area contributed by atoms with E-state index < -0.39 is 0 Å². The van der Waals surface area contributed by atoms with Crippen LogP contribution < -0.4 is 10.6 Å². The quantitative estimate of drug-likeness (QED) is 0.654. The van der Waals surface area contributed by atoms with Gasteiger partial charge in [-0.2, -0.15) is 5.10 Å². The maximum absolute atomic E-state index is 5.54. The van der Waals surface area contributed by atoms with Crippen molar-refractivity contribution in [2.24, 2.45) is 0 Å². The smallest absolute Gasteiger partial charge is 0.152 e. The SMILES string of the molecule is Nc1cc(N2CCCCC2)n[nH]1. The maximum Gasteiger partial charge on any atom is 0.152 e. The highest BCUT2D eigenvalue weighted by Crippen LogP contribution is 2.18. The summed E-state index contributed by atoms with van der Waals surface area (Å²) in [5.74, 6) is 1.64. The number of nitrogens with two attached hydrogens (primary N) is 1. The molecule has 0 atom stereocenters. The third-order valence-corrected chi connectivity index (χ3v) is 2.26. The van der Waals surface area contributed by atoms with Gasteiger partial charge in [0.1, 0.15) is 5.82 Å². The summed E-state index contributed by atoms with van der Waals surface area (Å²) in [6, 6.07) is 1.89. The Bertz CT molecular complexity index is 249. The third-order valence-electron chi connectivity index (χ3n) is 2.26. The summed E-state index contributed by atoms with van der Waals surface area (Å²) in [6.45, 7) is 2.23. The van der Waals surface area contributed by atoms with Crippen LogP contribution in [0, 0.1) is 0 Å². The van der Waals surface area contributed by atoms with Gasteiger partial charge in [-0.05, 0) is 19.3 Å². The lowest BCUT2D eigenvalue weighted by Crippen LogP contribution is -2.29. The molecule has 3 N–H and O–H groups in total. The normalized spacial score (nSPS) is 18.2. The number of anilines is 2. The Labute approximate surface area is 71.7 Å². The number of nitrogen functional groups attached to an aromatic ring is 1. The molecule has 1 saturated heterocycles. The number of hydrogen-bond acceptors (Lipinski definition) is 3. The van der Waals surface area contributed by atoms with Gasteiger partial charge in [-0.25, -0.2) is 0 Å². The second-order valence-corrected chi connectivity index (χ2v) is 3.23. The number of hydrogen-bond donors (Lipinski definition) is 2. The van der Waals surface area contributed by atoms with Crippen LogP contribution in [0.5, 0.6) is 0 Å². The van der Waals surface area contributed by atoms with Crippen molar-refractivity contribution in [3.05, 3.63) is 6.07 Å². The molecule has 1 aromatic rings. The van der Waals surface area contributed by atoms with E-state index in [9.17, 15) is 0 Å². The summed E-state index contributed by atoms with van der Waals surface area (Å²) in [5.41, 5.74) is 5.54. The predicted octanol–water partition coefficient (Wildman–Crippen LogP) is 0.982. The van der Waals surface area contributed by atoms with Crippen molar-refractivity contribution in [1.29, 1.82) is 0 Å². The minimum atomic E-state index is 0.649. The van der Waals surface area contributed by atoms with E-state index in [1.165, 1.54) is 19.3 Å². The summed E-state index contributed by atoms with van der Waals surface area (Å²) >= 11 is 0. The van der Waals surface area contributed by atoms with Crippen molar-refractivity contribution in [1.82, 2.24) is 10.2 Å². The zero-order valence-electron chi connectivity index (χ0n) is 7.08. The highest BCUT2D eigenvalue weighted by molar-refractivity contribution is 5.46. The Hall–Kier alpha value is -1.19. The average Bonchev–Trinajstić information content (AvgIpc) is 2.54. The van der Waals surface area contributed by atoms with E-state index in [2.05, 4.69) is 15.1 Å². The molecule has 1 aliphatic heterocycles. The Kier molecular flexibility index (Phi) is 1.89. The van der Waals surface area contributed by atoms with Crippen molar-refractivity contribution in [3.63, 3.8) is 0 Å². The summed E-state index contributed by atoms with van der Waals surface area (Å²) in [7, 11) is 0. The first-order chi connectivity index (χ1) is 5.86. The van der Waals surface area contributed by atoms with Gasteiger partial charge in [0, 0.05) is 19.2 Å². The highest BCUT2D eigenvalue weighted by Gasteiger charge is 2.12. The lowest BCUT2D eigenvalue weighted by atomic mass is 10.1. The number of nitrogens with zero attached hydrogens (tertiary/aromatic N) is 2. The van der Waals surface area contributed by atoms with E-state index in [0.29, 0.717) is 5.82 Å². The second-order valence-electron chi connectivity index (χ2n) is 3.23. The molecule has 1 fully saturated rings. The van der Waals surface area contributed by atoms with Crippen molar-refractivity contribution >= 4 is 11.6 Å². The summed E-state index contributed by atoms with van der Waals surface area (Å²) in [6.07, 6.45) is 3.88. The fraction of sp³-hybridized carbons (Fsp3) is 0.625. The van der Waals surface area contributed by atoms with Crippen molar-refractivity contribution < 1.29 is 0 Å². The van der Waals surface area contributed by atoms with Gasteiger partial charge in [-0.3, -0.25) is 5.10 Å². The number of H-pyrrole nitrogens is 1. The van der Waals surface area contributed by atoms with E-state index in [1.54, 1.807) is 0 Å². The third kappa shape index (κ3) is 1.37. The molecule has 12 heavy (non-hydrogen) atoms. The zero-order chi connectivity index (χ0) is 8.39. The Morgan fingerprint density at radius 1 is 1.33 bits per heavy atom. The summed E-state index contributed by atoms with van der Waals surface area (Å²) in [5, 5.41) is 6.87. The molecule has 4 nitrogen and oxygen atoms in total. The molecular weight excluding hydrogens is 152 g/mol. The van der Waals surface area contributed by atoms with Gasteiger partial charge < -0.3 is 10.6 Å². The molecular formula is C8H14N4. The van der Waals surface area contributed by atoms with Gasteiger partial charge >= 0.3 is 0 Å². The lowest BCUT2D eigenvalue weighted by Gasteiger charge is -2.26. The van der Waals surface area contributed by atoms with Gasteiger partial charge in [0.15, 0.2) is 5.82 Å². The Balaban J connectivity index is 2.08. The first-order valence-corrected chi connectivity index (χ1v) is 4.42. The number of piperidine rings is 1. The van der Waals surface area contributed by atoms with Gasteiger partial charge in [0.05, 0.1) is 0 Å². The summed E-state index contributed by atoms with van der Waals surface area (Å²) in [4.78, 5) is 2.27. The number of nitrogens with one attached hydrogen (secondary N) is 1. The van der Waals surface area contributed by atoms with Gasteiger partial charge in [-0.1, -0.05) is 0 Å². The first-order valence-electron chi connectivity index (χ1n) is 4.42. The second kappa shape index (κ2) is 3.05. The molecule has 0 saturated carbocycles. The summed E-state index contributed by atoms with van der Waals surface area (Å²) < 4.78 is 0. The van der Waals surface area contributed by atoms with Gasteiger partial charge in [0.2, 0.25) is 0 Å². The Morgan fingerprint density at radius 2 is 2.08 bits per heavy atom.